The van der Waals surface area contributed by atoms with Crippen LogP contribution >= 0.6 is 34.3 Å². The van der Waals surface area contributed by atoms with Gasteiger partial charge < -0.3 is 9.47 Å². The minimum Gasteiger partial charge on any atom is -0.438 e. The molecule has 0 aliphatic rings. The Morgan fingerprint density at radius 2 is 0.833 bits per heavy atom. The normalized spacial score (nSPS) is 12.4. The van der Waals surface area contributed by atoms with E-state index < -0.39 is 23.9 Å². The first kappa shape index (κ1) is 46.7. The average Bonchev–Trinajstić information content (AvgIpc) is 4.03. The molecule has 0 saturated heterocycles. The molecular weight excluding hydrogens is 951 g/mol. The van der Waals surface area contributed by atoms with Crippen LogP contribution in [0.4, 0.5) is 4.39 Å². The number of hydrogen-bond donors (Lipinski definition) is 0. The highest BCUT2D eigenvalue weighted by molar-refractivity contribution is 7.26. The van der Waals surface area contributed by atoms with Gasteiger partial charge in [-0.2, -0.15) is 4.39 Å². The van der Waals surface area contributed by atoms with Gasteiger partial charge in [0.15, 0.2) is 0 Å². The SMILES string of the molecule is C=CC(=O)OC(Cl)c1ccccc1CCc1cc2ccccc2c2c1sc1ccc3ccccc3c12.C=CC(=O)OC(F)c1ccccc1CCc1cc2ccccc2c2c1sc1ccc3ccccc3c12. The van der Waals surface area contributed by atoms with Crippen LogP contribution in [0.3, 0.4) is 0 Å². The fourth-order valence-corrected chi connectivity index (χ4v) is 13.1. The predicted octanol–water partition coefficient (Wildman–Crippen LogP) is 18.0. The molecule has 8 heteroatoms. The number of benzene rings is 10. The van der Waals surface area contributed by atoms with Crippen molar-refractivity contribution >= 4 is 130 Å². The molecule has 0 fully saturated rings. The molecule has 2 aromatic heterocycles. The Morgan fingerprint density at radius 3 is 1.32 bits per heavy atom. The third-order valence-electron chi connectivity index (χ3n) is 13.6. The number of aryl methyl sites for hydroxylation is 4. The lowest BCUT2D eigenvalue weighted by Gasteiger charge is -2.15. The summed E-state index contributed by atoms with van der Waals surface area (Å²) < 4.78 is 30.2. The Morgan fingerprint density at radius 1 is 0.458 bits per heavy atom. The smallest absolute Gasteiger partial charge is 0.332 e. The van der Waals surface area contributed by atoms with Crippen molar-refractivity contribution in [2.45, 2.75) is 37.6 Å². The molecule has 2 atom stereocenters. The topological polar surface area (TPSA) is 52.6 Å². The average molecular weight is 998 g/mol. The summed E-state index contributed by atoms with van der Waals surface area (Å²) in [6, 6.07) is 63.0. The Labute approximate surface area is 428 Å². The molecule has 12 aromatic rings. The zero-order chi connectivity index (χ0) is 49.3. The maximum atomic E-state index is 14.8. The van der Waals surface area contributed by atoms with Crippen molar-refractivity contribution in [2.75, 3.05) is 0 Å². The quantitative estimate of drug-likeness (QED) is 0.0695. The number of fused-ring (bicyclic) bond motifs is 14. The molecule has 0 aliphatic carbocycles. The molecule has 0 amide bonds. The summed E-state index contributed by atoms with van der Waals surface area (Å²) in [5.74, 6) is -1.30. The van der Waals surface area contributed by atoms with Crippen LogP contribution in [0.15, 0.2) is 207 Å². The van der Waals surface area contributed by atoms with E-state index in [4.69, 9.17) is 21.1 Å². The maximum Gasteiger partial charge on any atom is 0.332 e. The number of halogens is 2. The Kier molecular flexibility index (Phi) is 13.1. The molecule has 0 radical (unpaired) electrons. The third kappa shape index (κ3) is 8.89. The van der Waals surface area contributed by atoms with E-state index in [1.54, 1.807) is 12.1 Å². The van der Waals surface area contributed by atoms with E-state index in [9.17, 15) is 14.0 Å². The van der Waals surface area contributed by atoms with Crippen LogP contribution in [0, 0.1) is 0 Å². The Balaban J connectivity index is 0.000000156. The fourth-order valence-electron chi connectivity index (χ4n) is 10.2. The van der Waals surface area contributed by atoms with Crippen LogP contribution in [0.2, 0.25) is 0 Å². The van der Waals surface area contributed by atoms with E-state index in [1.807, 2.05) is 53.0 Å². The van der Waals surface area contributed by atoms with E-state index in [-0.39, 0.29) is 0 Å². The van der Waals surface area contributed by atoms with Gasteiger partial charge in [0, 0.05) is 63.6 Å². The van der Waals surface area contributed by atoms with Gasteiger partial charge in [0.1, 0.15) is 0 Å². The highest BCUT2D eigenvalue weighted by Crippen LogP contribution is 2.46. The lowest BCUT2D eigenvalue weighted by Crippen LogP contribution is -2.07. The zero-order valence-corrected chi connectivity index (χ0v) is 41.5. The van der Waals surface area contributed by atoms with E-state index in [0.29, 0.717) is 12.0 Å². The summed E-state index contributed by atoms with van der Waals surface area (Å²) >= 11 is 10.1. The highest BCUT2D eigenvalue weighted by atomic mass is 35.5. The summed E-state index contributed by atoms with van der Waals surface area (Å²) in [6.07, 6.45) is 3.30. The molecular formula is C64H46ClFO4S2. The Bertz CT molecular complexity index is 3830. The van der Waals surface area contributed by atoms with Crippen LogP contribution in [-0.2, 0) is 44.7 Å². The summed E-state index contributed by atoms with van der Waals surface area (Å²) in [7, 11) is 0. The summed E-state index contributed by atoms with van der Waals surface area (Å²) in [6.45, 7) is 6.82. The predicted molar refractivity (Wildman–Crippen MR) is 301 cm³/mol. The summed E-state index contributed by atoms with van der Waals surface area (Å²) in [5.41, 5.74) is 4.80. The molecule has 2 heterocycles. The van der Waals surface area contributed by atoms with Crippen molar-refractivity contribution in [3.8, 4) is 0 Å². The molecule has 10 aromatic carbocycles. The minimum absolute atomic E-state index is 0.382. The fraction of sp³-hybridized carbons (Fsp3) is 0.0938. The standard InChI is InChI=1S/C32H23ClO2S.C32H23FO2S/c2*1-2-28(34)35-32(33)26-14-8-4-10-21(26)15-16-23-19-22-11-5-7-13-25(22)30-29-24-12-6-3-9-20(24)17-18-27(29)36-31(23)30/h2*2-14,17-19,32H,1,15-16H2. The van der Waals surface area contributed by atoms with Gasteiger partial charge >= 0.3 is 11.9 Å². The number of ether oxygens (including phenoxy) is 2. The zero-order valence-electron chi connectivity index (χ0n) is 39.1. The van der Waals surface area contributed by atoms with Crippen molar-refractivity contribution < 1.29 is 23.5 Å². The molecule has 352 valence electrons. The van der Waals surface area contributed by atoms with Crippen LogP contribution in [0.1, 0.15) is 45.3 Å². The molecule has 12 rings (SSSR count). The number of carbonyl (C=O) groups excluding carboxylic acids is 2. The van der Waals surface area contributed by atoms with Gasteiger partial charge in [-0.25, -0.2) is 9.59 Å². The van der Waals surface area contributed by atoms with Crippen molar-refractivity contribution in [2.24, 2.45) is 0 Å². The first-order valence-electron chi connectivity index (χ1n) is 23.9. The van der Waals surface area contributed by atoms with Crippen LogP contribution < -0.4 is 0 Å². The van der Waals surface area contributed by atoms with E-state index in [0.717, 1.165) is 48.1 Å². The molecule has 72 heavy (non-hydrogen) atoms. The lowest BCUT2D eigenvalue weighted by molar-refractivity contribution is -0.152. The van der Waals surface area contributed by atoms with Crippen LogP contribution in [0.5, 0.6) is 0 Å². The van der Waals surface area contributed by atoms with Gasteiger partial charge in [-0.15, -0.1) is 22.7 Å². The second-order valence-corrected chi connectivity index (χ2v) is 20.3. The van der Waals surface area contributed by atoms with Crippen LogP contribution in [-0.4, -0.2) is 11.9 Å². The molecule has 0 bridgehead atoms. The molecule has 0 saturated carbocycles. The Hall–Kier alpha value is -7.68. The van der Waals surface area contributed by atoms with Gasteiger partial charge in [-0.3, -0.25) is 0 Å². The number of hydrogen-bond acceptors (Lipinski definition) is 6. The largest absolute Gasteiger partial charge is 0.438 e. The monoisotopic (exact) mass is 996 g/mol. The van der Waals surface area contributed by atoms with Gasteiger partial charge in [-0.05, 0) is 115 Å². The minimum atomic E-state index is -1.82. The van der Waals surface area contributed by atoms with E-state index in [2.05, 4.69) is 153 Å². The van der Waals surface area contributed by atoms with Gasteiger partial charge in [0.25, 0.3) is 6.36 Å². The second kappa shape index (κ2) is 20.2. The summed E-state index contributed by atoms with van der Waals surface area (Å²) in [5, 5.41) is 15.3. The van der Waals surface area contributed by atoms with Gasteiger partial charge in [-0.1, -0.05) is 182 Å². The molecule has 0 N–H and O–H groups in total. The van der Waals surface area contributed by atoms with Crippen LogP contribution in [0.25, 0.3) is 83.4 Å². The second-order valence-electron chi connectivity index (χ2n) is 17.8. The molecule has 0 spiro atoms. The van der Waals surface area contributed by atoms with Crippen molar-refractivity contribution in [1.29, 1.82) is 0 Å². The molecule has 4 nitrogen and oxygen atoms in total. The highest BCUT2D eigenvalue weighted by Gasteiger charge is 2.21. The van der Waals surface area contributed by atoms with Gasteiger partial charge in [0.05, 0.1) is 0 Å². The summed E-state index contributed by atoms with van der Waals surface area (Å²) in [4.78, 5) is 23.3. The van der Waals surface area contributed by atoms with E-state index >= 15 is 0 Å². The number of rotatable bonds is 12. The first-order chi connectivity index (χ1) is 35.3. The number of carbonyl (C=O) groups is 2. The molecule has 0 aliphatic heterocycles. The van der Waals surface area contributed by atoms with Crippen molar-refractivity contribution in [3.63, 3.8) is 0 Å². The van der Waals surface area contributed by atoms with Crippen molar-refractivity contribution in [1.82, 2.24) is 0 Å². The van der Waals surface area contributed by atoms with Gasteiger partial charge in [0.2, 0.25) is 5.56 Å². The third-order valence-corrected chi connectivity index (χ3v) is 16.3. The number of alkyl halides is 2. The first-order valence-corrected chi connectivity index (χ1v) is 25.9. The maximum absolute atomic E-state index is 14.8. The number of esters is 2. The molecule has 2 unspecified atom stereocenters. The lowest BCUT2D eigenvalue weighted by atomic mass is 9.94. The number of thiophene rings is 2. The van der Waals surface area contributed by atoms with E-state index in [1.165, 1.54) is 94.6 Å². The van der Waals surface area contributed by atoms with Crippen molar-refractivity contribution in [3.05, 3.63) is 241 Å².